The molecule has 0 radical (unpaired) electrons. The third kappa shape index (κ3) is 2.20. The smallest absolute Gasteiger partial charge is 0.339 e. The average Bonchev–Trinajstić information content (AvgIpc) is 2.85. The minimum absolute atomic E-state index is 0.140. The molecular weight excluding hydrogens is 266 g/mol. The van der Waals surface area contributed by atoms with Crippen LogP contribution in [0.25, 0.3) is 0 Å². The first-order valence-electron chi connectivity index (χ1n) is 7.26. The van der Waals surface area contributed by atoms with E-state index in [1.165, 1.54) is 0 Å². The predicted octanol–water partition coefficient (Wildman–Crippen LogP) is 3.32. The number of carbonyl (C=O) groups excluding carboxylic acids is 1. The Balaban J connectivity index is 2.09. The van der Waals surface area contributed by atoms with Gasteiger partial charge in [0.15, 0.2) is 5.75 Å². The fraction of sp³-hybridized carbons (Fsp3) is 0.353. The van der Waals surface area contributed by atoms with Gasteiger partial charge in [-0.1, -0.05) is 12.1 Å². The second-order valence-electron chi connectivity index (χ2n) is 5.29. The quantitative estimate of drug-likeness (QED) is 0.631. The number of ether oxygens (including phenoxy) is 2. The van der Waals surface area contributed by atoms with Gasteiger partial charge in [-0.05, 0) is 44.4 Å². The number of nitrogens with zero attached hydrogens (tertiary/aromatic N) is 1. The molecule has 21 heavy (non-hydrogen) atoms. The van der Waals surface area contributed by atoms with E-state index in [9.17, 15) is 4.79 Å². The molecule has 1 aromatic carbocycles. The van der Waals surface area contributed by atoms with Crippen molar-refractivity contribution in [1.82, 2.24) is 0 Å². The first-order chi connectivity index (χ1) is 10.2. The summed E-state index contributed by atoms with van der Waals surface area (Å²) < 4.78 is 11.1. The lowest BCUT2D eigenvalue weighted by Gasteiger charge is -2.32. The molecule has 0 spiro atoms. The second-order valence-corrected chi connectivity index (χ2v) is 5.29. The molecule has 0 saturated carbocycles. The largest absolute Gasteiger partial charge is 0.462 e. The van der Waals surface area contributed by atoms with Crippen molar-refractivity contribution in [2.45, 2.75) is 32.7 Å². The van der Waals surface area contributed by atoms with Crippen molar-refractivity contribution in [3.63, 3.8) is 0 Å². The number of anilines is 1. The number of hydrogen-bond acceptors (Lipinski definition) is 4. The van der Waals surface area contributed by atoms with E-state index in [2.05, 4.69) is 17.5 Å². The highest BCUT2D eigenvalue weighted by atomic mass is 16.5. The fourth-order valence-electron chi connectivity index (χ4n) is 2.86. The molecule has 110 valence electrons. The standard InChI is InChI=1S/C17H19NO3/c1-4-12-7-8-13(17(19)20-5-2)16-18(12)14-10-11(3)6-9-15(14)21-16/h4,6,9-10,12H,1,5,7-8H2,2-3H3/t12-/m0/s1. The van der Waals surface area contributed by atoms with Gasteiger partial charge in [0.25, 0.3) is 0 Å². The molecule has 4 heteroatoms. The number of fused-ring (bicyclic) bond motifs is 3. The van der Waals surface area contributed by atoms with Crippen LogP contribution in [0.2, 0.25) is 0 Å². The van der Waals surface area contributed by atoms with Crippen molar-refractivity contribution in [1.29, 1.82) is 0 Å². The summed E-state index contributed by atoms with van der Waals surface area (Å²) >= 11 is 0. The van der Waals surface area contributed by atoms with Gasteiger partial charge in [0, 0.05) is 0 Å². The average molecular weight is 285 g/mol. The summed E-state index contributed by atoms with van der Waals surface area (Å²) in [4.78, 5) is 14.2. The zero-order chi connectivity index (χ0) is 15.0. The molecule has 4 nitrogen and oxygen atoms in total. The Morgan fingerprint density at radius 2 is 2.38 bits per heavy atom. The van der Waals surface area contributed by atoms with Crippen LogP contribution < -0.4 is 9.64 Å². The van der Waals surface area contributed by atoms with Crippen LogP contribution in [-0.2, 0) is 9.53 Å². The molecule has 0 saturated heterocycles. The Kier molecular flexibility index (Phi) is 3.45. The van der Waals surface area contributed by atoms with Gasteiger partial charge < -0.3 is 14.4 Å². The molecule has 0 fully saturated rings. The van der Waals surface area contributed by atoms with Gasteiger partial charge in [0.05, 0.1) is 23.9 Å². The summed E-state index contributed by atoms with van der Waals surface area (Å²) in [5.74, 6) is 1.10. The molecule has 2 heterocycles. The van der Waals surface area contributed by atoms with Crippen LogP contribution in [0.5, 0.6) is 5.75 Å². The normalized spacial score (nSPS) is 19.7. The van der Waals surface area contributed by atoms with E-state index in [4.69, 9.17) is 9.47 Å². The lowest BCUT2D eigenvalue weighted by Crippen LogP contribution is -2.37. The zero-order valence-electron chi connectivity index (χ0n) is 12.4. The topological polar surface area (TPSA) is 38.8 Å². The molecule has 0 aromatic heterocycles. The van der Waals surface area contributed by atoms with Gasteiger partial charge in [0.1, 0.15) is 0 Å². The molecule has 1 atom stereocenters. The van der Waals surface area contributed by atoms with Crippen molar-refractivity contribution in [2.75, 3.05) is 11.5 Å². The number of carbonyl (C=O) groups is 1. The first-order valence-corrected chi connectivity index (χ1v) is 7.26. The van der Waals surface area contributed by atoms with Crippen molar-refractivity contribution >= 4 is 11.7 Å². The molecular formula is C17H19NO3. The zero-order valence-corrected chi connectivity index (χ0v) is 12.4. The highest BCUT2D eigenvalue weighted by molar-refractivity contribution is 5.91. The number of rotatable bonds is 3. The van der Waals surface area contributed by atoms with E-state index in [1.54, 1.807) is 0 Å². The molecule has 1 aromatic rings. The van der Waals surface area contributed by atoms with Crippen LogP contribution in [-0.4, -0.2) is 18.6 Å². The molecule has 3 rings (SSSR count). The number of esters is 1. The third-order valence-corrected chi connectivity index (χ3v) is 3.87. The predicted molar refractivity (Wildman–Crippen MR) is 81.2 cm³/mol. The molecule has 0 N–H and O–H groups in total. The molecule has 0 amide bonds. The van der Waals surface area contributed by atoms with Crippen LogP contribution in [0.3, 0.4) is 0 Å². The second kappa shape index (κ2) is 5.28. The van der Waals surface area contributed by atoms with Crippen molar-refractivity contribution in [3.8, 4) is 5.75 Å². The summed E-state index contributed by atoms with van der Waals surface area (Å²) in [6, 6.07) is 6.16. The van der Waals surface area contributed by atoms with E-state index in [-0.39, 0.29) is 12.0 Å². The molecule has 2 aliphatic rings. The molecule has 0 unspecified atom stereocenters. The van der Waals surface area contributed by atoms with Gasteiger partial charge >= 0.3 is 5.97 Å². The van der Waals surface area contributed by atoms with Gasteiger partial charge in [-0.3, -0.25) is 0 Å². The van der Waals surface area contributed by atoms with E-state index in [0.717, 1.165) is 23.4 Å². The van der Waals surface area contributed by atoms with Gasteiger partial charge in [-0.15, -0.1) is 6.58 Å². The van der Waals surface area contributed by atoms with Gasteiger partial charge in [-0.25, -0.2) is 4.79 Å². The van der Waals surface area contributed by atoms with Crippen LogP contribution >= 0.6 is 0 Å². The summed E-state index contributed by atoms with van der Waals surface area (Å²) in [7, 11) is 0. The minimum atomic E-state index is -0.287. The maximum atomic E-state index is 12.1. The van der Waals surface area contributed by atoms with E-state index >= 15 is 0 Å². The lowest BCUT2D eigenvalue weighted by atomic mass is 9.99. The Hall–Kier alpha value is -2.23. The van der Waals surface area contributed by atoms with Crippen LogP contribution in [0.4, 0.5) is 5.69 Å². The minimum Gasteiger partial charge on any atom is -0.462 e. The number of benzene rings is 1. The highest BCUT2D eigenvalue weighted by Crippen LogP contribution is 2.45. The van der Waals surface area contributed by atoms with Gasteiger partial charge in [0.2, 0.25) is 5.88 Å². The maximum Gasteiger partial charge on any atom is 0.339 e. The summed E-state index contributed by atoms with van der Waals surface area (Å²) in [6.45, 7) is 8.13. The van der Waals surface area contributed by atoms with Crippen molar-refractivity contribution in [2.24, 2.45) is 0 Å². The van der Waals surface area contributed by atoms with Crippen molar-refractivity contribution in [3.05, 3.63) is 47.9 Å². The number of hydrogen-bond donors (Lipinski definition) is 0. The maximum absolute atomic E-state index is 12.1. The first kappa shape index (κ1) is 13.7. The monoisotopic (exact) mass is 285 g/mol. The van der Waals surface area contributed by atoms with E-state index < -0.39 is 0 Å². The Bertz CT molecular complexity index is 633. The third-order valence-electron chi connectivity index (χ3n) is 3.87. The van der Waals surface area contributed by atoms with Gasteiger partial charge in [-0.2, -0.15) is 0 Å². The Morgan fingerprint density at radius 1 is 1.57 bits per heavy atom. The van der Waals surface area contributed by atoms with Crippen LogP contribution in [0, 0.1) is 6.92 Å². The number of aryl methyl sites for hydroxylation is 1. The summed E-state index contributed by atoms with van der Waals surface area (Å²) in [6.07, 6.45) is 3.38. The van der Waals surface area contributed by atoms with Crippen LogP contribution in [0.1, 0.15) is 25.3 Å². The molecule has 0 aliphatic carbocycles. The van der Waals surface area contributed by atoms with Crippen molar-refractivity contribution < 1.29 is 14.3 Å². The summed E-state index contributed by atoms with van der Waals surface area (Å²) in [5.41, 5.74) is 2.77. The highest BCUT2D eigenvalue weighted by Gasteiger charge is 2.39. The van der Waals surface area contributed by atoms with E-state index in [0.29, 0.717) is 24.5 Å². The van der Waals surface area contributed by atoms with Crippen LogP contribution in [0.15, 0.2) is 42.3 Å². The lowest BCUT2D eigenvalue weighted by molar-refractivity contribution is -0.139. The summed E-state index contributed by atoms with van der Waals surface area (Å²) in [5, 5.41) is 0. The fourth-order valence-corrected chi connectivity index (χ4v) is 2.86. The SMILES string of the molecule is C=C[C@H]1CCC(C(=O)OCC)=C2Oc3ccc(C)cc3N21. The van der Waals surface area contributed by atoms with E-state index in [1.807, 2.05) is 32.1 Å². The molecule has 2 aliphatic heterocycles. The Morgan fingerprint density at radius 3 is 3.10 bits per heavy atom. The molecule has 0 bridgehead atoms. The Labute approximate surface area is 124 Å².